The predicted molar refractivity (Wildman–Crippen MR) is 102 cm³/mol. The van der Waals surface area contributed by atoms with Crippen LogP contribution in [0.1, 0.15) is 23.9 Å². The highest BCUT2D eigenvalue weighted by Gasteiger charge is 2.08. The van der Waals surface area contributed by atoms with Crippen molar-refractivity contribution in [2.24, 2.45) is 4.99 Å². The molecule has 0 atom stereocenters. The predicted octanol–water partition coefficient (Wildman–Crippen LogP) is 2.67. The molecule has 0 saturated carbocycles. The van der Waals surface area contributed by atoms with Gasteiger partial charge in [0.25, 0.3) is 0 Å². The monoisotopic (exact) mass is 352 g/mol. The van der Waals surface area contributed by atoms with E-state index in [-0.39, 0.29) is 0 Å². The Hall–Kier alpha value is -3.09. The Morgan fingerprint density at radius 1 is 1.19 bits per heavy atom. The molecule has 3 aromatic rings. The summed E-state index contributed by atoms with van der Waals surface area (Å²) in [5.74, 6) is 2.83. The molecular formula is C19H24N6O. The highest BCUT2D eigenvalue weighted by molar-refractivity contribution is 5.79. The van der Waals surface area contributed by atoms with Crippen LogP contribution in [0, 0.1) is 6.92 Å². The highest BCUT2D eigenvalue weighted by Crippen LogP contribution is 2.14. The average molecular weight is 352 g/mol. The van der Waals surface area contributed by atoms with E-state index in [0.717, 1.165) is 18.3 Å². The molecule has 0 fully saturated rings. The Bertz CT molecular complexity index is 820. The zero-order valence-electron chi connectivity index (χ0n) is 15.1. The number of hydrogen-bond acceptors (Lipinski definition) is 4. The number of aromatic amines is 1. The van der Waals surface area contributed by atoms with E-state index in [1.54, 1.807) is 6.26 Å². The third-order valence-electron chi connectivity index (χ3n) is 3.81. The van der Waals surface area contributed by atoms with Gasteiger partial charge in [0.05, 0.1) is 12.8 Å². The van der Waals surface area contributed by atoms with Crippen LogP contribution in [-0.4, -0.2) is 34.2 Å². The number of aliphatic imine (C=N–C) groups is 1. The number of aromatic nitrogens is 3. The summed E-state index contributed by atoms with van der Waals surface area (Å²) < 4.78 is 5.30. The van der Waals surface area contributed by atoms with Gasteiger partial charge in [-0.15, -0.1) is 0 Å². The Kier molecular flexibility index (Phi) is 6.03. The third kappa shape index (κ3) is 4.95. The lowest BCUT2D eigenvalue weighted by Gasteiger charge is -2.10. The lowest BCUT2D eigenvalue weighted by Crippen LogP contribution is -2.38. The van der Waals surface area contributed by atoms with Crippen molar-refractivity contribution in [2.45, 2.75) is 26.8 Å². The quantitative estimate of drug-likeness (QED) is 0.449. The van der Waals surface area contributed by atoms with Gasteiger partial charge in [0, 0.05) is 19.5 Å². The molecule has 1 aromatic carbocycles. The first kappa shape index (κ1) is 17.7. The van der Waals surface area contributed by atoms with Crippen molar-refractivity contribution >= 4 is 5.96 Å². The largest absolute Gasteiger partial charge is 0.461 e. The highest BCUT2D eigenvalue weighted by atomic mass is 16.3. The maximum Gasteiger partial charge on any atom is 0.216 e. The van der Waals surface area contributed by atoms with Gasteiger partial charge < -0.3 is 15.1 Å². The van der Waals surface area contributed by atoms with Gasteiger partial charge in [-0.2, -0.15) is 5.10 Å². The van der Waals surface area contributed by atoms with Crippen LogP contribution in [-0.2, 0) is 13.0 Å². The number of furan rings is 1. The maximum atomic E-state index is 5.30. The van der Waals surface area contributed by atoms with E-state index in [4.69, 9.17) is 4.42 Å². The maximum absolute atomic E-state index is 5.30. The molecule has 0 unspecified atom stereocenters. The summed E-state index contributed by atoms with van der Waals surface area (Å²) >= 11 is 0. The van der Waals surface area contributed by atoms with E-state index < -0.39 is 0 Å². The Balaban J connectivity index is 1.52. The zero-order chi connectivity index (χ0) is 18.2. The second-order valence-electron chi connectivity index (χ2n) is 5.94. The summed E-state index contributed by atoms with van der Waals surface area (Å²) in [6.07, 6.45) is 2.32. The lowest BCUT2D eigenvalue weighted by atomic mass is 10.1. The topological polar surface area (TPSA) is 91.1 Å². The molecule has 0 aliphatic rings. The van der Waals surface area contributed by atoms with Gasteiger partial charge >= 0.3 is 0 Å². The Labute approximate surface area is 153 Å². The van der Waals surface area contributed by atoms with E-state index in [1.165, 1.54) is 11.1 Å². The van der Waals surface area contributed by atoms with E-state index in [0.29, 0.717) is 31.1 Å². The van der Waals surface area contributed by atoms with Crippen molar-refractivity contribution in [2.75, 3.05) is 13.1 Å². The van der Waals surface area contributed by atoms with Crippen molar-refractivity contribution in [1.29, 1.82) is 0 Å². The van der Waals surface area contributed by atoms with Crippen LogP contribution < -0.4 is 10.6 Å². The fourth-order valence-electron chi connectivity index (χ4n) is 2.43. The molecule has 7 heteroatoms. The van der Waals surface area contributed by atoms with E-state index in [2.05, 4.69) is 68.9 Å². The molecule has 2 heterocycles. The number of H-pyrrole nitrogens is 1. The van der Waals surface area contributed by atoms with Crippen LogP contribution in [0.2, 0.25) is 0 Å². The number of hydrogen-bond donors (Lipinski definition) is 3. The van der Waals surface area contributed by atoms with Crippen LogP contribution in [0.15, 0.2) is 52.1 Å². The van der Waals surface area contributed by atoms with Crippen molar-refractivity contribution in [3.8, 4) is 11.6 Å². The summed E-state index contributed by atoms with van der Waals surface area (Å²) in [5, 5.41) is 13.7. The van der Waals surface area contributed by atoms with Crippen LogP contribution in [0.25, 0.3) is 11.6 Å². The number of nitrogens with zero attached hydrogens (tertiary/aromatic N) is 3. The zero-order valence-corrected chi connectivity index (χ0v) is 15.1. The van der Waals surface area contributed by atoms with Crippen molar-refractivity contribution in [1.82, 2.24) is 25.8 Å². The molecule has 26 heavy (non-hydrogen) atoms. The van der Waals surface area contributed by atoms with Crippen LogP contribution in [0.5, 0.6) is 0 Å². The number of benzene rings is 1. The van der Waals surface area contributed by atoms with Gasteiger partial charge in [-0.1, -0.05) is 29.8 Å². The standard InChI is InChI=1S/C19H24N6O/c1-3-20-19(22-13-15-8-6-14(2)7-9-15)21-11-10-17-23-18(25-24-17)16-5-4-12-26-16/h4-9,12H,3,10-11,13H2,1-2H3,(H2,20,21,22)(H,23,24,25). The first-order valence-corrected chi connectivity index (χ1v) is 8.77. The minimum absolute atomic E-state index is 0.574. The Morgan fingerprint density at radius 2 is 2.04 bits per heavy atom. The second-order valence-corrected chi connectivity index (χ2v) is 5.94. The van der Waals surface area contributed by atoms with E-state index >= 15 is 0 Å². The van der Waals surface area contributed by atoms with Crippen molar-refractivity contribution in [3.63, 3.8) is 0 Å². The van der Waals surface area contributed by atoms with E-state index in [9.17, 15) is 0 Å². The molecule has 0 radical (unpaired) electrons. The minimum Gasteiger partial charge on any atom is -0.461 e. The summed E-state index contributed by atoms with van der Waals surface area (Å²) in [4.78, 5) is 9.06. The number of rotatable bonds is 7. The number of aryl methyl sites for hydroxylation is 1. The molecule has 136 valence electrons. The van der Waals surface area contributed by atoms with Gasteiger partial charge in [0.1, 0.15) is 5.82 Å². The second kappa shape index (κ2) is 8.84. The summed E-state index contributed by atoms with van der Waals surface area (Å²) in [6.45, 7) is 6.28. The molecule has 0 saturated heterocycles. The minimum atomic E-state index is 0.574. The van der Waals surface area contributed by atoms with Gasteiger partial charge in [0.2, 0.25) is 5.82 Å². The summed E-state index contributed by atoms with van der Waals surface area (Å²) in [6, 6.07) is 12.1. The van der Waals surface area contributed by atoms with Crippen molar-refractivity contribution in [3.05, 3.63) is 59.6 Å². The number of nitrogens with one attached hydrogen (secondary N) is 3. The molecule has 0 bridgehead atoms. The fourth-order valence-corrected chi connectivity index (χ4v) is 2.43. The van der Waals surface area contributed by atoms with Crippen molar-refractivity contribution < 1.29 is 4.42 Å². The van der Waals surface area contributed by atoms with Gasteiger partial charge in [0.15, 0.2) is 11.7 Å². The first-order chi connectivity index (χ1) is 12.7. The fraction of sp³-hybridized carbons (Fsp3) is 0.316. The molecule has 2 aromatic heterocycles. The molecule has 0 aliphatic heterocycles. The van der Waals surface area contributed by atoms with Crippen LogP contribution >= 0.6 is 0 Å². The first-order valence-electron chi connectivity index (χ1n) is 8.77. The average Bonchev–Trinajstić information content (AvgIpc) is 3.32. The Morgan fingerprint density at radius 3 is 2.77 bits per heavy atom. The molecule has 0 aliphatic carbocycles. The van der Waals surface area contributed by atoms with Gasteiger partial charge in [-0.3, -0.25) is 5.10 Å². The SMILES string of the molecule is CCNC(=NCc1ccc(C)cc1)NCCc1nc(-c2ccco2)n[nH]1. The molecule has 0 amide bonds. The molecule has 0 spiro atoms. The smallest absolute Gasteiger partial charge is 0.216 e. The number of guanidine groups is 1. The summed E-state index contributed by atoms with van der Waals surface area (Å²) in [7, 11) is 0. The summed E-state index contributed by atoms with van der Waals surface area (Å²) in [5.41, 5.74) is 2.44. The van der Waals surface area contributed by atoms with Crippen LogP contribution in [0.4, 0.5) is 0 Å². The van der Waals surface area contributed by atoms with Gasteiger partial charge in [-0.25, -0.2) is 9.98 Å². The van der Waals surface area contributed by atoms with E-state index in [1.807, 2.05) is 12.1 Å². The lowest BCUT2D eigenvalue weighted by molar-refractivity contribution is 0.577. The third-order valence-corrected chi connectivity index (χ3v) is 3.81. The van der Waals surface area contributed by atoms with Crippen LogP contribution in [0.3, 0.4) is 0 Å². The molecule has 3 rings (SSSR count). The van der Waals surface area contributed by atoms with Gasteiger partial charge in [-0.05, 0) is 31.5 Å². The molecular weight excluding hydrogens is 328 g/mol. The molecule has 3 N–H and O–H groups in total. The normalized spacial score (nSPS) is 11.5. The molecule has 7 nitrogen and oxygen atoms in total.